The third-order valence-corrected chi connectivity index (χ3v) is 4.63. The van der Waals surface area contributed by atoms with E-state index in [1.54, 1.807) is 6.92 Å². The molecule has 0 amide bonds. The molecule has 0 saturated carbocycles. The van der Waals surface area contributed by atoms with E-state index < -0.39 is 0 Å². The van der Waals surface area contributed by atoms with Gasteiger partial charge in [-0.2, -0.15) is 11.8 Å². The van der Waals surface area contributed by atoms with Gasteiger partial charge in [-0.3, -0.25) is 4.79 Å². The van der Waals surface area contributed by atoms with Gasteiger partial charge in [0.25, 0.3) is 0 Å². The van der Waals surface area contributed by atoms with E-state index in [9.17, 15) is 9.59 Å². The molecular formula is C15H28O2S2. The summed E-state index contributed by atoms with van der Waals surface area (Å²) in [6.45, 7) is 1.66. The summed E-state index contributed by atoms with van der Waals surface area (Å²) >= 11 is 3.34. The minimum atomic E-state index is 0.295. The number of hydrogen-bond acceptors (Lipinski definition) is 4. The second-order valence-corrected chi connectivity index (χ2v) is 7.03. The Morgan fingerprint density at radius 2 is 1.37 bits per heavy atom. The van der Waals surface area contributed by atoms with Crippen molar-refractivity contribution in [3.05, 3.63) is 0 Å². The molecule has 0 fully saturated rings. The summed E-state index contributed by atoms with van der Waals surface area (Å²) in [6, 6.07) is 0. The number of Topliss-reactive ketones (excluding diaryl/α,β-unsaturated/α-hetero) is 1. The van der Waals surface area contributed by atoms with Crippen molar-refractivity contribution in [3.8, 4) is 0 Å². The summed E-state index contributed by atoms with van der Waals surface area (Å²) in [6.07, 6.45) is 11.4. The molecule has 0 aliphatic heterocycles. The lowest BCUT2D eigenvalue weighted by atomic mass is 10.1. The first-order valence-electron chi connectivity index (χ1n) is 7.31. The van der Waals surface area contributed by atoms with Crippen molar-refractivity contribution in [2.45, 2.75) is 64.7 Å². The topological polar surface area (TPSA) is 34.1 Å². The van der Waals surface area contributed by atoms with Gasteiger partial charge in [-0.25, -0.2) is 0 Å². The summed E-state index contributed by atoms with van der Waals surface area (Å²) in [4.78, 5) is 22.3. The molecule has 0 aromatic heterocycles. The van der Waals surface area contributed by atoms with Crippen LogP contribution >= 0.6 is 23.5 Å². The normalized spacial score (nSPS) is 10.6. The first-order valence-corrected chi connectivity index (χ1v) is 9.68. The molecule has 0 aromatic rings. The lowest BCUT2D eigenvalue weighted by molar-refractivity contribution is -0.117. The van der Waals surface area contributed by atoms with Crippen LogP contribution in [0.25, 0.3) is 0 Å². The smallest absolute Gasteiger partial charge is 0.188 e. The van der Waals surface area contributed by atoms with Gasteiger partial charge >= 0.3 is 0 Å². The molecule has 0 heterocycles. The second-order valence-electron chi connectivity index (χ2n) is 4.89. The molecule has 2 nitrogen and oxygen atoms in total. The van der Waals surface area contributed by atoms with E-state index in [-0.39, 0.29) is 0 Å². The van der Waals surface area contributed by atoms with Gasteiger partial charge in [0.2, 0.25) is 0 Å². The lowest BCUT2D eigenvalue weighted by Gasteiger charge is -2.02. The van der Waals surface area contributed by atoms with Crippen molar-refractivity contribution < 1.29 is 9.59 Å². The monoisotopic (exact) mass is 304 g/mol. The van der Waals surface area contributed by atoms with Gasteiger partial charge in [0.05, 0.1) is 0 Å². The molecule has 19 heavy (non-hydrogen) atoms. The number of carbonyl (C=O) groups is 2. The maximum absolute atomic E-state index is 11.5. The molecule has 0 spiro atoms. The van der Waals surface area contributed by atoms with Gasteiger partial charge in [-0.1, -0.05) is 37.4 Å². The maximum atomic E-state index is 11.5. The quantitative estimate of drug-likeness (QED) is 0.461. The van der Waals surface area contributed by atoms with Gasteiger partial charge in [-0.15, -0.1) is 0 Å². The molecule has 0 aromatic carbocycles. The number of carbonyl (C=O) groups excluding carboxylic acids is 2. The molecule has 0 N–H and O–H groups in total. The Morgan fingerprint density at radius 1 is 0.789 bits per heavy atom. The summed E-state index contributed by atoms with van der Waals surface area (Å²) in [7, 11) is 0. The zero-order valence-electron chi connectivity index (χ0n) is 12.4. The van der Waals surface area contributed by atoms with Crippen LogP contribution in [-0.2, 0) is 9.59 Å². The predicted octanol–water partition coefficient (Wildman–Crippen LogP) is 4.71. The van der Waals surface area contributed by atoms with E-state index in [1.165, 1.54) is 24.6 Å². The first kappa shape index (κ1) is 19.0. The summed E-state index contributed by atoms with van der Waals surface area (Å²) in [5.74, 6) is 2.43. The summed E-state index contributed by atoms with van der Waals surface area (Å²) in [5, 5.41) is 0.359. The Balaban J connectivity index is 3.16. The number of thioether (sulfide) groups is 2. The highest BCUT2D eigenvalue weighted by Gasteiger charge is 2.02. The molecule has 0 bridgehead atoms. The van der Waals surface area contributed by atoms with Crippen molar-refractivity contribution in [1.29, 1.82) is 0 Å². The van der Waals surface area contributed by atoms with Crippen molar-refractivity contribution >= 4 is 34.4 Å². The Kier molecular flexibility index (Phi) is 14.5. The van der Waals surface area contributed by atoms with Gasteiger partial charge in [-0.05, 0) is 38.2 Å². The molecule has 0 saturated heterocycles. The lowest BCUT2D eigenvalue weighted by Crippen LogP contribution is -1.95. The molecule has 4 heteroatoms. The van der Waals surface area contributed by atoms with E-state index in [4.69, 9.17) is 0 Å². The Labute approximate surface area is 126 Å². The maximum Gasteiger partial charge on any atom is 0.188 e. The van der Waals surface area contributed by atoms with E-state index >= 15 is 0 Å². The van der Waals surface area contributed by atoms with E-state index in [1.807, 2.05) is 11.8 Å². The Bertz CT molecular complexity index is 242. The van der Waals surface area contributed by atoms with Crippen molar-refractivity contribution in [1.82, 2.24) is 0 Å². The molecular weight excluding hydrogens is 276 g/mol. The molecule has 0 aliphatic rings. The predicted molar refractivity (Wildman–Crippen MR) is 88.1 cm³/mol. The number of unbranched alkanes of at least 4 members (excludes halogenated alkanes) is 5. The first-order chi connectivity index (χ1) is 9.16. The van der Waals surface area contributed by atoms with E-state index in [0.717, 1.165) is 56.5 Å². The fourth-order valence-electron chi connectivity index (χ4n) is 1.81. The van der Waals surface area contributed by atoms with Crippen LogP contribution in [0.5, 0.6) is 0 Å². The number of rotatable bonds is 13. The summed E-state index contributed by atoms with van der Waals surface area (Å²) < 4.78 is 0. The van der Waals surface area contributed by atoms with Crippen molar-refractivity contribution in [2.24, 2.45) is 0 Å². The van der Waals surface area contributed by atoms with Crippen LogP contribution in [0.2, 0.25) is 0 Å². The van der Waals surface area contributed by atoms with Crippen LogP contribution in [0.4, 0.5) is 0 Å². The number of hydrogen-bond donors (Lipinski definition) is 0. The average molecular weight is 305 g/mol. The SMILES string of the molecule is CSCCCSC(=O)CCCCCCCCC(C)=O. The summed E-state index contributed by atoms with van der Waals surface area (Å²) in [5.41, 5.74) is 0. The molecule has 112 valence electrons. The second kappa shape index (κ2) is 14.4. The minimum absolute atomic E-state index is 0.295. The molecule has 0 radical (unpaired) electrons. The highest BCUT2D eigenvalue weighted by molar-refractivity contribution is 8.13. The highest BCUT2D eigenvalue weighted by atomic mass is 32.2. The van der Waals surface area contributed by atoms with Crippen LogP contribution in [0.3, 0.4) is 0 Å². The molecule has 0 unspecified atom stereocenters. The van der Waals surface area contributed by atoms with Gasteiger partial charge in [0, 0.05) is 18.6 Å². The largest absolute Gasteiger partial charge is 0.300 e. The van der Waals surface area contributed by atoms with Crippen LogP contribution in [-0.4, -0.2) is 28.7 Å². The van der Waals surface area contributed by atoms with Crippen LogP contribution in [0.15, 0.2) is 0 Å². The fourth-order valence-corrected chi connectivity index (χ4v) is 3.23. The van der Waals surface area contributed by atoms with Crippen LogP contribution < -0.4 is 0 Å². The zero-order chi connectivity index (χ0) is 14.3. The minimum Gasteiger partial charge on any atom is -0.300 e. The van der Waals surface area contributed by atoms with Crippen LogP contribution in [0.1, 0.15) is 64.7 Å². The molecule has 0 aliphatic carbocycles. The molecule has 0 rings (SSSR count). The average Bonchev–Trinajstić information content (AvgIpc) is 2.37. The van der Waals surface area contributed by atoms with Crippen molar-refractivity contribution in [3.63, 3.8) is 0 Å². The van der Waals surface area contributed by atoms with Gasteiger partial charge < -0.3 is 4.79 Å². The fraction of sp³-hybridized carbons (Fsp3) is 0.867. The third kappa shape index (κ3) is 16.0. The zero-order valence-corrected chi connectivity index (χ0v) is 14.0. The Morgan fingerprint density at radius 3 is 1.95 bits per heavy atom. The van der Waals surface area contributed by atoms with Gasteiger partial charge in [0.15, 0.2) is 5.12 Å². The van der Waals surface area contributed by atoms with E-state index in [0.29, 0.717) is 10.9 Å². The highest BCUT2D eigenvalue weighted by Crippen LogP contribution is 2.14. The molecule has 0 atom stereocenters. The standard InChI is InChI=1S/C15H28O2S2/c1-14(16)10-7-5-3-4-6-8-11-15(17)19-13-9-12-18-2/h3-13H2,1-2H3. The third-order valence-electron chi connectivity index (χ3n) is 2.92. The van der Waals surface area contributed by atoms with E-state index in [2.05, 4.69) is 6.26 Å². The number of ketones is 1. The van der Waals surface area contributed by atoms with Crippen molar-refractivity contribution in [2.75, 3.05) is 17.8 Å². The van der Waals surface area contributed by atoms with Gasteiger partial charge in [0.1, 0.15) is 5.78 Å². The Hall–Kier alpha value is 0.0400. The van der Waals surface area contributed by atoms with Crippen LogP contribution in [0, 0.1) is 0 Å².